The highest BCUT2D eigenvalue weighted by Gasteiger charge is 2.23. The van der Waals surface area contributed by atoms with Crippen molar-refractivity contribution in [3.8, 4) is 11.3 Å². The van der Waals surface area contributed by atoms with Crippen LogP contribution in [0.25, 0.3) is 11.3 Å². The molecule has 0 saturated carbocycles. The second-order valence-corrected chi connectivity index (χ2v) is 6.51. The highest BCUT2D eigenvalue weighted by Crippen LogP contribution is 2.21. The van der Waals surface area contributed by atoms with Crippen molar-refractivity contribution in [2.45, 2.75) is 38.8 Å². The first-order valence-corrected chi connectivity index (χ1v) is 9.00. The van der Waals surface area contributed by atoms with E-state index in [9.17, 15) is 4.79 Å². The van der Waals surface area contributed by atoms with Gasteiger partial charge in [-0.2, -0.15) is 5.10 Å². The molecule has 0 unspecified atom stereocenters. The second kappa shape index (κ2) is 7.25. The van der Waals surface area contributed by atoms with E-state index in [4.69, 9.17) is 4.52 Å². The maximum Gasteiger partial charge on any atom is 0.346 e. The first kappa shape index (κ1) is 16.7. The Balaban J connectivity index is 1.60. The van der Waals surface area contributed by atoms with Crippen molar-refractivity contribution in [1.29, 1.82) is 0 Å². The first-order valence-electron chi connectivity index (χ1n) is 9.00. The first-order chi connectivity index (χ1) is 12.8. The lowest BCUT2D eigenvalue weighted by atomic mass is 9.99. The van der Waals surface area contributed by atoms with Crippen LogP contribution in [-0.2, 0) is 13.1 Å². The van der Waals surface area contributed by atoms with E-state index >= 15 is 0 Å². The van der Waals surface area contributed by atoms with Crippen molar-refractivity contribution in [3.63, 3.8) is 0 Å². The molecule has 1 N–H and O–H groups in total. The molecule has 4 rings (SSSR count). The molecule has 8 nitrogen and oxygen atoms in total. The van der Waals surface area contributed by atoms with Crippen molar-refractivity contribution < 1.29 is 4.52 Å². The van der Waals surface area contributed by atoms with Gasteiger partial charge in [-0.3, -0.25) is 9.55 Å². The van der Waals surface area contributed by atoms with Crippen molar-refractivity contribution >= 4 is 0 Å². The van der Waals surface area contributed by atoms with E-state index in [-0.39, 0.29) is 18.2 Å². The molecule has 3 aromatic rings. The maximum atomic E-state index is 12.7. The van der Waals surface area contributed by atoms with Gasteiger partial charge < -0.3 is 9.84 Å². The Morgan fingerprint density at radius 2 is 2.35 bits per heavy atom. The van der Waals surface area contributed by atoms with E-state index in [0.29, 0.717) is 18.0 Å². The number of hydrogen-bond acceptors (Lipinski definition) is 6. The molecule has 136 valence electrons. The summed E-state index contributed by atoms with van der Waals surface area (Å²) in [6.07, 6.45) is 5.60. The molecule has 26 heavy (non-hydrogen) atoms. The molecule has 0 radical (unpaired) electrons. The molecule has 1 atom stereocenters. The number of pyridine rings is 1. The summed E-state index contributed by atoms with van der Waals surface area (Å²) in [5.74, 6) is 1.73. The highest BCUT2D eigenvalue weighted by molar-refractivity contribution is 5.57. The Bertz CT molecular complexity index is 921. The van der Waals surface area contributed by atoms with Gasteiger partial charge in [-0.25, -0.2) is 9.48 Å². The summed E-state index contributed by atoms with van der Waals surface area (Å²) < 4.78 is 8.64. The monoisotopic (exact) mass is 354 g/mol. The van der Waals surface area contributed by atoms with Gasteiger partial charge >= 0.3 is 5.69 Å². The molecule has 1 aliphatic heterocycles. The van der Waals surface area contributed by atoms with E-state index < -0.39 is 0 Å². The molecule has 8 heteroatoms. The Labute approximate surface area is 150 Å². The highest BCUT2D eigenvalue weighted by atomic mass is 16.5. The molecular weight excluding hydrogens is 332 g/mol. The molecule has 0 bridgehead atoms. The normalized spacial score (nSPS) is 17.5. The zero-order valence-electron chi connectivity index (χ0n) is 14.8. The molecule has 0 spiro atoms. The SMILES string of the molecule is CCn1c([C@@H]2CCCNC2)nn(Cc2cc(-c3cccnc3)no2)c1=O. The summed E-state index contributed by atoms with van der Waals surface area (Å²) in [6.45, 7) is 4.75. The topological polar surface area (TPSA) is 90.8 Å². The number of rotatable bonds is 5. The van der Waals surface area contributed by atoms with Crippen LogP contribution in [-0.4, -0.2) is 37.6 Å². The molecule has 3 aromatic heterocycles. The van der Waals surface area contributed by atoms with Crippen LogP contribution in [0.15, 0.2) is 39.9 Å². The van der Waals surface area contributed by atoms with Crippen LogP contribution in [0.5, 0.6) is 0 Å². The Hall–Kier alpha value is -2.74. The van der Waals surface area contributed by atoms with E-state index in [1.54, 1.807) is 17.0 Å². The van der Waals surface area contributed by atoms with Crippen LogP contribution in [0.3, 0.4) is 0 Å². The Morgan fingerprint density at radius 3 is 3.08 bits per heavy atom. The zero-order chi connectivity index (χ0) is 17.9. The van der Waals surface area contributed by atoms with Gasteiger partial charge in [0.15, 0.2) is 5.76 Å². The third kappa shape index (κ3) is 3.20. The van der Waals surface area contributed by atoms with E-state index in [2.05, 4.69) is 20.6 Å². The average molecular weight is 354 g/mol. The zero-order valence-corrected chi connectivity index (χ0v) is 14.8. The largest absolute Gasteiger partial charge is 0.359 e. The van der Waals surface area contributed by atoms with Gasteiger partial charge in [-0.05, 0) is 38.4 Å². The van der Waals surface area contributed by atoms with Crippen LogP contribution in [0.4, 0.5) is 0 Å². The maximum absolute atomic E-state index is 12.7. The number of piperidine rings is 1. The summed E-state index contributed by atoms with van der Waals surface area (Å²) in [4.78, 5) is 16.8. The quantitative estimate of drug-likeness (QED) is 0.749. The number of nitrogens with zero attached hydrogens (tertiary/aromatic N) is 5. The van der Waals surface area contributed by atoms with Crippen LogP contribution < -0.4 is 11.0 Å². The minimum absolute atomic E-state index is 0.104. The summed E-state index contributed by atoms with van der Waals surface area (Å²) in [5.41, 5.74) is 1.48. The van der Waals surface area contributed by atoms with Gasteiger partial charge in [0, 0.05) is 43.0 Å². The van der Waals surface area contributed by atoms with Gasteiger partial charge in [0.1, 0.15) is 18.1 Å². The van der Waals surface area contributed by atoms with Gasteiger partial charge in [0.2, 0.25) is 0 Å². The predicted octanol–water partition coefficient (Wildman–Crippen LogP) is 1.63. The minimum atomic E-state index is -0.104. The molecule has 1 saturated heterocycles. The lowest BCUT2D eigenvalue weighted by Gasteiger charge is -2.21. The predicted molar refractivity (Wildman–Crippen MR) is 95.8 cm³/mol. The second-order valence-electron chi connectivity index (χ2n) is 6.51. The van der Waals surface area contributed by atoms with Crippen molar-refractivity contribution in [2.75, 3.05) is 13.1 Å². The average Bonchev–Trinajstić information content (AvgIpc) is 3.28. The molecular formula is C18H22N6O2. The number of aromatic nitrogens is 5. The van der Waals surface area contributed by atoms with Crippen molar-refractivity contribution in [3.05, 3.63) is 52.7 Å². The molecule has 0 amide bonds. The van der Waals surface area contributed by atoms with Gasteiger partial charge in [-0.1, -0.05) is 5.16 Å². The molecule has 0 aromatic carbocycles. The summed E-state index contributed by atoms with van der Waals surface area (Å²) >= 11 is 0. The fourth-order valence-electron chi connectivity index (χ4n) is 3.42. The van der Waals surface area contributed by atoms with Crippen LogP contribution >= 0.6 is 0 Å². The fraction of sp³-hybridized carbons (Fsp3) is 0.444. The summed E-state index contributed by atoms with van der Waals surface area (Å²) in [5, 5.41) is 12.1. The summed E-state index contributed by atoms with van der Waals surface area (Å²) in [7, 11) is 0. The number of nitrogens with one attached hydrogen (secondary N) is 1. The van der Waals surface area contributed by atoms with Gasteiger partial charge in [-0.15, -0.1) is 0 Å². The minimum Gasteiger partial charge on any atom is -0.359 e. The van der Waals surface area contributed by atoms with E-state index in [1.165, 1.54) is 4.68 Å². The van der Waals surface area contributed by atoms with E-state index in [1.807, 2.05) is 25.1 Å². The lowest BCUT2D eigenvalue weighted by Crippen LogP contribution is -2.31. The molecule has 1 aliphatic rings. The summed E-state index contributed by atoms with van der Waals surface area (Å²) in [6, 6.07) is 5.60. The number of hydrogen-bond donors (Lipinski definition) is 1. The van der Waals surface area contributed by atoms with Crippen molar-refractivity contribution in [2.24, 2.45) is 0 Å². The molecule has 4 heterocycles. The Morgan fingerprint density at radius 1 is 1.42 bits per heavy atom. The smallest absolute Gasteiger partial charge is 0.346 e. The third-order valence-corrected chi connectivity index (χ3v) is 4.75. The van der Waals surface area contributed by atoms with E-state index in [0.717, 1.165) is 37.3 Å². The third-order valence-electron chi connectivity index (χ3n) is 4.75. The van der Waals surface area contributed by atoms with Crippen LogP contribution in [0.1, 0.15) is 37.3 Å². The fourth-order valence-corrected chi connectivity index (χ4v) is 3.42. The standard InChI is InChI=1S/C18H22N6O2/c1-2-23-17(14-6-4-8-20-11-14)21-24(18(23)25)12-15-9-16(22-26-15)13-5-3-7-19-10-13/h3,5,7,9-10,14,20H,2,4,6,8,11-12H2,1H3/t14-/m1/s1. The lowest BCUT2D eigenvalue weighted by molar-refractivity contribution is 0.370. The van der Waals surface area contributed by atoms with Gasteiger partial charge in [0.05, 0.1) is 0 Å². The molecule has 1 fully saturated rings. The molecule has 0 aliphatic carbocycles. The van der Waals surface area contributed by atoms with Crippen LogP contribution in [0, 0.1) is 0 Å². The van der Waals surface area contributed by atoms with Gasteiger partial charge in [0.25, 0.3) is 0 Å². The van der Waals surface area contributed by atoms with Crippen LogP contribution in [0.2, 0.25) is 0 Å². The van der Waals surface area contributed by atoms with Crippen molar-refractivity contribution in [1.82, 2.24) is 29.8 Å². The Kier molecular flexibility index (Phi) is 4.66.